The molecule has 1 atom stereocenters. The molecule has 0 aliphatic carbocycles. The molecule has 0 saturated heterocycles. The summed E-state index contributed by atoms with van der Waals surface area (Å²) in [5, 5.41) is 0. The predicted octanol–water partition coefficient (Wildman–Crippen LogP) is 4.45. The van der Waals surface area contributed by atoms with E-state index in [1.807, 2.05) is 18.2 Å². The van der Waals surface area contributed by atoms with Crippen molar-refractivity contribution in [2.75, 3.05) is 6.61 Å². The lowest BCUT2D eigenvalue weighted by Gasteiger charge is -2.13. The highest BCUT2D eigenvalue weighted by atomic mass is 79.9. The first-order valence-corrected chi connectivity index (χ1v) is 7.56. The number of rotatable bonds is 3. The van der Waals surface area contributed by atoms with Gasteiger partial charge < -0.3 is 9.47 Å². The van der Waals surface area contributed by atoms with E-state index >= 15 is 0 Å². The molecule has 0 bridgehead atoms. The summed E-state index contributed by atoms with van der Waals surface area (Å²) >= 11 is 3.49. The number of benzene rings is 2. The maximum atomic E-state index is 5.90. The van der Waals surface area contributed by atoms with Crippen LogP contribution >= 0.6 is 15.9 Å². The monoisotopic (exact) mass is 332 g/mol. The summed E-state index contributed by atoms with van der Waals surface area (Å²) in [7, 11) is 0. The summed E-state index contributed by atoms with van der Waals surface area (Å²) in [5.74, 6) is 1.89. The van der Waals surface area contributed by atoms with Crippen molar-refractivity contribution >= 4 is 15.9 Å². The molecule has 0 N–H and O–H groups in total. The van der Waals surface area contributed by atoms with Gasteiger partial charge in [-0.2, -0.15) is 0 Å². The molecule has 104 valence electrons. The van der Waals surface area contributed by atoms with Crippen molar-refractivity contribution in [2.24, 2.45) is 0 Å². The summed E-state index contributed by atoms with van der Waals surface area (Å²) in [5.41, 5.74) is 3.73. The van der Waals surface area contributed by atoms with Gasteiger partial charge >= 0.3 is 0 Å². The topological polar surface area (TPSA) is 18.5 Å². The van der Waals surface area contributed by atoms with Crippen molar-refractivity contribution in [2.45, 2.75) is 26.4 Å². The van der Waals surface area contributed by atoms with Crippen molar-refractivity contribution in [3.8, 4) is 11.5 Å². The molecule has 0 saturated carbocycles. The van der Waals surface area contributed by atoms with E-state index in [0.717, 1.165) is 22.4 Å². The van der Waals surface area contributed by atoms with Gasteiger partial charge in [0.1, 0.15) is 24.2 Å². The third kappa shape index (κ3) is 2.83. The Bertz CT molecular complexity index is 637. The van der Waals surface area contributed by atoms with Crippen LogP contribution in [0.1, 0.15) is 16.7 Å². The quantitative estimate of drug-likeness (QED) is 0.826. The van der Waals surface area contributed by atoms with Crippen LogP contribution in [-0.4, -0.2) is 12.7 Å². The van der Waals surface area contributed by atoms with Crippen LogP contribution in [0.3, 0.4) is 0 Å². The average molecular weight is 333 g/mol. The van der Waals surface area contributed by atoms with Gasteiger partial charge in [0, 0.05) is 10.9 Å². The van der Waals surface area contributed by atoms with E-state index in [9.17, 15) is 0 Å². The minimum Gasteiger partial charge on any atom is -0.490 e. The van der Waals surface area contributed by atoms with Gasteiger partial charge in [-0.1, -0.05) is 33.6 Å². The molecular weight excluding hydrogens is 316 g/mol. The molecule has 2 aromatic rings. The van der Waals surface area contributed by atoms with E-state index in [1.54, 1.807) is 0 Å². The maximum absolute atomic E-state index is 5.90. The molecule has 1 unspecified atom stereocenters. The van der Waals surface area contributed by atoms with Gasteiger partial charge in [-0.25, -0.2) is 0 Å². The van der Waals surface area contributed by atoms with Gasteiger partial charge in [-0.05, 0) is 49.2 Å². The normalized spacial score (nSPS) is 16.6. The molecule has 1 aliphatic heterocycles. The molecule has 2 aromatic carbocycles. The number of halogens is 1. The second-order valence-electron chi connectivity index (χ2n) is 5.28. The maximum Gasteiger partial charge on any atom is 0.137 e. The third-order valence-corrected chi connectivity index (χ3v) is 4.41. The highest BCUT2D eigenvalue weighted by Gasteiger charge is 2.23. The zero-order chi connectivity index (χ0) is 14.1. The first-order chi connectivity index (χ1) is 9.61. The number of ether oxygens (including phenoxy) is 2. The lowest BCUT2D eigenvalue weighted by Crippen LogP contribution is -2.22. The third-order valence-electron chi connectivity index (χ3n) is 3.52. The summed E-state index contributed by atoms with van der Waals surface area (Å²) in [6, 6.07) is 12.4. The lowest BCUT2D eigenvalue weighted by atomic mass is 10.1. The fourth-order valence-electron chi connectivity index (χ4n) is 2.44. The molecule has 20 heavy (non-hydrogen) atoms. The smallest absolute Gasteiger partial charge is 0.137 e. The van der Waals surface area contributed by atoms with Crippen LogP contribution in [0, 0.1) is 13.8 Å². The first-order valence-electron chi connectivity index (χ1n) is 6.77. The summed E-state index contributed by atoms with van der Waals surface area (Å²) in [4.78, 5) is 0. The average Bonchev–Trinajstić information content (AvgIpc) is 2.82. The molecular formula is C17H17BrO2. The Kier molecular flexibility index (Phi) is 3.70. The zero-order valence-electron chi connectivity index (χ0n) is 11.7. The minimum absolute atomic E-state index is 0.107. The second-order valence-corrected chi connectivity index (χ2v) is 6.13. The van der Waals surface area contributed by atoms with Gasteiger partial charge in [-0.3, -0.25) is 0 Å². The first kappa shape index (κ1) is 13.5. The van der Waals surface area contributed by atoms with Gasteiger partial charge in [0.25, 0.3) is 0 Å². The van der Waals surface area contributed by atoms with Crippen LogP contribution in [0.15, 0.2) is 40.9 Å². The predicted molar refractivity (Wildman–Crippen MR) is 83.7 cm³/mol. The molecule has 3 rings (SSSR count). The Morgan fingerprint density at radius 2 is 2.05 bits per heavy atom. The van der Waals surface area contributed by atoms with E-state index in [2.05, 4.69) is 48.0 Å². The van der Waals surface area contributed by atoms with Crippen molar-refractivity contribution in [3.05, 3.63) is 57.6 Å². The molecule has 0 amide bonds. The van der Waals surface area contributed by atoms with E-state index in [0.29, 0.717) is 6.61 Å². The Morgan fingerprint density at radius 3 is 2.85 bits per heavy atom. The molecule has 1 aliphatic rings. The Morgan fingerprint density at radius 1 is 1.20 bits per heavy atom. The molecule has 1 heterocycles. The second kappa shape index (κ2) is 5.49. The molecule has 0 spiro atoms. The molecule has 2 nitrogen and oxygen atoms in total. The van der Waals surface area contributed by atoms with Crippen LogP contribution in [0.25, 0.3) is 0 Å². The zero-order valence-corrected chi connectivity index (χ0v) is 13.2. The highest BCUT2D eigenvalue weighted by molar-refractivity contribution is 9.10. The van der Waals surface area contributed by atoms with Gasteiger partial charge in [0.05, 0.1) is 0 Å². The Hall–Kier alpha value is -1.48. The van der Waals surface area contributed by atoms with Gasteiger partial charge in [0.15, 0.2) is 0 Å². The minimum atomic E-state index is 0.107. The fraction of sp³-hybridized carbons (Fsp3) is 0.294. The Balaban J connectivity index is 1.62. The number of aryl methyl sites for hydroxylation is 2. The van der Waals surface area contributed by atoms with E-state index in [1.165, 1.54) is 16.7 Å². The molecule has 3 heteroatoms. The van der Waals surface area contributed by atoms with Crippen LogP contribution in [0.4, 0.5) is 0 Å². The molecule has 0 radical (unpaired) electrons. The number of fused-ring (bicyclic) bond motifs is 1. The van der Waals surface area contributed by atoms with Crippen molar-refractivity contribution < 1.29 is 9.47 Å². The van der Waals surface area contributed by atoms with Crippen molar-refractivity contribution in [3.63, 3.8) is 0 Å². The molecule has 0 aromatic heterocycles. The SMILES string of the molecule is Cc1ccc2c(c1)CC(COc1ccc(Br)c(C)c1)O2. The number of hydrogen-bond acceptors (Lipinski definition) is 2. The molecule has 0 fully saturated rings. The van der Waals surface area contributed by atoms with E-state index in [-0.39, 0.29) is 6.10 Å². The van der Waals surface area contributed by atoms with Gasteiger partial charge in [-0.15, -0.1) is 0 Å². The summed E-state index contributed by atoms with van der Waals surface area (Å²) < 4.78 is 12.8. The van der Waals surface area contributed by atoms with Crippen molar-refractivity contribution in [1.29, 1.82) is 0 Å². The largest absolute Gasteiger partial charge is 0.490 e. The van der Waals surface area contributed by atoms with Crippen molar-refractivity contribution in [1.82, 2.24) is 0 Å². The fourth-order valence-corrected chi connectivity index (χ4v) is 2.68. The Labute approximate surface area is 127 Å². The van der Waals surface area contributed by atoms with Crippen LogP contribution in [0.2, 0.25) is 0 Å². The van der Waals surface area contributed by atoms with E-state index < -0.39 is 0 Å². The summed E-state index contributed by atoms with van der Waals surface area (Å²) in [6.07, 6.45) is 1.03. The highest BCUT2D eigenvalue weighted by Crippen LogP contribution is 2.30. The van der Waals surface area contributed by atoms with Crippen LogP contribution in [0.5, 0.6) is 11.5 Å². The van der Waals surface area contributed by atoms with E-state index in [4.69, 9.17) is 9.47 Å². The van der Waals surface area contributed by atoms with Gasteiger partial charge in [0.2, 0.25) is 0 Å². The van der Waals surface area contributed by atoms with Crippen LogP contribution in [-0.2, 0) is 6.42 Å². The standard InChI is InChI=1S/C17H17BrO2/c1-11-3-6-17-13(7-11)9-15(20-17)10-19-14-4-5-16(18)12(2)8-14/h3-8,15H,9-10H2,1-2H3. The van der Waals surface area contributed by atoms with Crippen LogP contribution < -0.4 is 9.47 Å². The lowest BCUT2D eigenvalue weighted by molar-refractivity contribution is 0.148. The summed E-state index contributed by atoms with van der Waals surface area (Å²) in [6.45, 7) is 4.74. The number of hydrogen-bond donors (Lipinski definition) is 0.